The Labute approximate surface area is 128 Å². The lowest BCUT2D eigenvalue weighted by Crippen LogP contribution is -2.40. The van der Waals surface area contributed by atoms with Gasteiger partial charge in [0.25, 0.3) is 0 Å². The number of hydrogen-bond acceptors (Lipinski definition) is 3. The second-order valence-electron chi connectivity index (χ2n) is 6.74. The summed E-state index contributed by atoms with van der Waals surface area (Å²) in [4.78, 5) is 4.12. The molecule has 2 nitrogen and oxygen atoms in total. The van der Waals surface area contributed by atoms with Crippen LogP contribution in [0.5, 0.6) is 0 Å². The fraction of sp³-hybridized carbons (Fsp3) is 0.765. The van der Waals surface area contributed by atoms with Crippen LogP contribution in [0.3, 0.4) is 0 Å². The van der Waals surface area contributed by atoms with Gasteiger partial charge >= 0.3 is 0 Å². The molecule has 3 heteroatoms. The molecule has 0 spiro atoms. The van der Waals surface area contributed by atoms with Crippen molar-refractivity contribution < 1.29 is 0 Å². The third-order valence-corrected chi connectivity index (χ3v) is 5.90. The summed E-state index contributed by atoms with van der Waals surface area (Å²) in [7, 11) is 0. The zero-order valence-corrected chi connectivity index (χ0v) is 14.2. The van der Waals surface area contributed by atoms with Crippen molar-refractivity contribution in [3.63, 3.8) is 0 Å². The van der Waals surface area contributed by atoms with Crippen LogP contribution < -0.4 is 5.73 Å². The van der Waals surface area contributed by atoms with Crippen LogP contribution in [0.25, 0.3) is 0 Å². The van der Waals surface area contributed by atoms with E-state index in [0.717, 1.165) is 11.8 Å². The lowest BCUT2D eigenvalue weighted by molar-refractivity contribution is 0.181. The second-order valence-corrected chi connectivity index (χ2v) is 7.69. The summed E-state index contributed by atoms with van der Waals surface area (Å²) in [5.74, 6) is 1.70. The van der Waals surface area contributed by atoms with E-state index < -0.39 is 0 Å². The molecule has 0 aliphatic carbocycles. The Hall–Kier alpha value is -0.380. The summed E-state index contributed by atoms with van der Waals surface area (Å²) >= 11 is 1.87. The standard InChI is InChI=1S/C17H30N2S/c1-12(2)15-6-5-9-19(10-7-15)16(14(4)18)17-13(3)8-11-20-17/h8,11-12,14-16H,5-7,9-10,18H2,1-4H3. The highest BCUT2D eigenvalue weighted by Crippen LogP contribution is 2.34. The molecule has 20 heavy (non-hydrogen) atoms. The number of rotatable bonds is 4. The van der Waals surface area contributed by atoms with E-state index in [1.807, 2.05) is 11.3 Å². The van der Waals surface area contributed by atoms with Crippen LogP contribution in [0.4, 0.5) is 0 Å². The van der Waals surface area contributed by atoms with Crippen LogP contribution in [0.2, 0.25) is 0 Å². The molecule has 2 heterocycles. The van der Waals surface area contributed by atoms with Gasteiger partial charge in [0.15, 0.2) is 0 Å². The average molecular weight is 295 g/mol. The molecule has 0 amide bonds. The molecule has 0 saturated carbocycles. The quantitative estimate of drug-likeness (QED) is 0.901. The molecule has 0 radical (unpaired) electrons. The second kappa shape index (κ2) is 7.06. The minimum Gasteiger partial charge on any atom is -0.326 e. The zero-order chi connectivity index (χ0) is 14.7. The summed E-state index contributed by atoms with van der Waals surface area (Å²) in [6, 6.07) is 2.83. The van der Waals surface area contributed by atoms with Crippen molar-refractivity contribution >= 4 is 11.3 Å². The minimum absolute atomic E-state index is 0.197. The largest absolute Gasteiger partial charge is 0.326 e. The predicted octanol–water partition coefficient (Wildman–Crippen LogP) is 4.20. The molecule has 1 aliphatic heterocycles. The highest BCUT2D eigenvalue weighted by atomic mass is 32.1. The summed E-state index contributed by atoms with van der Waals surface area (Å²) in [5, 5.41) is 2.20. The molecule has 1 aromatic rings. The van der Waals surface area contributed by atoms with Crippen LogP contribution in [-0.4, -0.2) is 24.0 Å². The van der Waals surface area contributed by atoms with Gasteiger partial charge in [0.2, 0.25) is 0 Å². The van der Waals surface area contributed by atoms with Crippen molar-refractivity contribution in [2.75, 3.05) is 13.1 Å². The van der Waals surface area contributed by atoms with E-state index in [2.05, 4.69) is 44.0 Å². The van der Waals surface area contributed by atoms with Gasteiger partial charge in [-0.3, -0.25) is 4.90 Å². The first-order chi connectivity index (χ1) is 9.50. The van der Waals surface area contributed by atoms with Crippen molar-refractivity contribution in [3.05, 3.63) is 21.9 Å². The van der Waals surface area contributed by atoms with E-state index in [1.165, 1.54) is 42.8 Å². The third kappa shape index (κ3) is 3.63. The minimum atomic E-state index is 0.197. The van der Waals surface area contributed by atoms with Crippen molar-refractivity contribution in [1.29, 1.82) is 0 Å². The number of likely N-dealkylation sites (tertiary alicyclic amines) is 1. The molecule has 114 valence electrons. The molecule has 3 atom stereocenters. The highest BCUT2D eigenvalue weighted by Gasteiger charge is 2.29. The average Bonchev–Trinajstić information content (AvgIpc) is 2.65. The van der Waals surface area contributed by atoms with E-state index in [9.17, 15) is 0 Å². The van der Waals surface area contributed by atoms with Gasteiger partial charge in [-0.1, -0.05) is 13.8 Å². The number of nitrogens with two attached hydrogens (primary N) is 1. The normalized spacial score (nSPS) is 24.6. The molecule has 0 bridgehead atoms. The van der Waals surface area contributed by atoms with Crippen LogP contribution >= 0.6 is 11.3 Å². The molecular weight excluding hydrogens is 264 g/mol. The maximum atomic E-state index is 6.34. The monoisotopic (exact) mass is 294 g/mol. The molecule has 0 aromatic carbocycles. The molecule has 1 saturated heterocycles. The van der Waals surface area contributed by atoms with E-state index in [1.54, 1.807) is 0 Å². The molecule has 3 unspecified atom stereocenters. The van der Waals surface area contributed by atoms with Gasteiger partial charge in [-0.2, -0.15) is 0 Å². The SMILES string of the molecule is Cc1ccsc1C(C(C)N)N1CCCC(C(C)C)CC1. The maximum Gasteiger partial charge on any atom is 0.0593 e. The number of thiophene rings is 1. The number of aryl methyl sites for hydroxylation is 1. The smallest absolute Gasteiger partial charge is 0.0593 e. The lowest BCUT2D eigenvalue weighted by Gasteiger charge is -2.33. The van der Waals surface area contributed by atoms with E-state index in [0.29, 0.717) is 6.04 Å². The van der Waals surface area contributed by atoms with Gasteiger partial charge in [0.1, 0.15) is 0 Å². The molecular formula is C17H30N2S. The van der Waals surface area contributed by atoms with Gasteiger partial charge < -0.3 is 5.73 Å². The van der Waals surface area contributed by atoms with Crippen LogP contribution in [0, 0.1) is 18.8 Å². The summed E-state index contributed by atoms with van der Waals surface area (Å²) in [5.41, 5.74) is 7.74. The first-order valence-electron chi connectivity index (χ1n) is 8.04. The Kier molecular flexibility index (Phi) is 5.65. The van der Waals surface area contributed by atoms with Gasteiger partial charge in [-0.05, 0) is 75.0 Å². The first-order valence-corrected chi connectivity index (χ1v) is 8.92. The molecule has 1 fully saturated rings. The van der Waals surface area contributed by atoms with Gasteiger partial charge in [0.05, 0.1) is 6.04 Å². The van der Waals surface area contributed by atoms with E-state index in [-0.39, 0.29) is 6.04 Å². The Morgan fingerprint density at radius 1 is 1.25 bits per heavy atom. The van der Waals surface area contributed by atoms with Crippen LogP contribution in [0.15, 0.2) is 11.4 Å². The fourth-order valence-corrected chi connectivity index (χ4v) is 4.69. The van der Waals surface area contributed by atoms with Crippen molar-refractivity contribution in [3.8, 4) is 0 Å². The lowest BCUT2D eigenvalue weighted by atomic mass is 9.89. The molecule has 1 aromatic heterocycles. The van der Waals surface area contributed by atoms with Crippen molar-refractivity contribution in [2.24, 2.45) is 17.6 Å². The van der Waals surface area contributed by atoms with Crippen molar-refractivity contribution in [1.82, 2.24) is 4.90 Å². The first kappa shape index (κ1) is 16.0. The Bertz CT molecular complexity index is 411. The van der Waals surface area contributed by atoms with Gasteiger partial charge in [-0.15, -0.1) is 11.3 Å². The Morgan fingerprint density at radius 2 is 2.00 bits per heavy atom. The van der Waals surface area contributed by atoms with Crippen LogP contribution in [0.1, 0.15) is 56.5 Å². The highest BCUT2D eigenvalue weighted by molar-refractivity contribution is 7.10. The number of hydrogen-bond donors (Lipinski definition) is 1. The topological polar surface area (TPSA) is 29.3 Å². The van der Waals surface area contributed by atoms with Gasteiger partial charge in [-0.25, -0.2) is 0 Å². The molecule has 1 aliphatic rings. The third-order valence-electron chi connectivity index (χ3n) is 4.81. The molecule has 2 rings (SSSR count). The summed E-state index contributed by atoms with van der Waals surface area (Å²) in [6.45, 7) is 11.5. The summed E-state index contributed by atoms with van der Waals surface area (Å²) < 4.78 is 0. The number of nitrogens with zero attached hydrogens (tertiary/aromatic N) is 1. The molecule has 2 N–H and O–H groups in total. The Balaban J connectivity index is 2.13. The fourth-order valence-electron chi connectivity index (χ4n) is 3.51. The predicted molar refractivity (Wildman–Crippen MR) is 89.2 cm³/mol. The van der Waals surface area contributed by atoms with E-state index >= 15 is 0 Å². The maximum absolute atomic E-state index is 6.34. The van der Waals surface area contributed by atoms with E-state index in [4.69, 9.17) is 5.73 Å². The Morgan fingerprint density at radius 3 is 2.55 bits per heavy atom. The van der Waals surface area contributed by atoms with Crippen LogP contribution in [-0.2, 0) is 0 Å². The zero-order valence-electron chi connectivity index (χ0n) is 13.4. The summed E-state index contributed by atoms with van der Waals surface area (Å²) in [6.07, 6.45) is 4.02. The van der Waals surface area contributed by atoms with Gasteiger partial charge in [0, 0.05) is 10.9 Å². The van der Waals surface area contributed by atoms with Crippen molar-refractivity contribution in [2.45, 2.75) is 59.0 Å².